The number of azo groups is 2. The predicted octanol–water partition coefficient (Wildman–Crippen LogP) is 4.61. The van der Waals surface area contributed by atoms with Crippen LogP contribution in [-0.4, -0.2) is 16.8 Å². The summed E-state index contributed by atoms with van der Waals surface area (Å²) in [6, 6.07) is 0. The van der Waals surface area contributed by atoms with E-state index in [0.717, 1.165) is 6.54 Å². The third kappa shape index (κ3) is 3.17. The van der Waals surface area contributed by atoms with Gasteiger partial charge in [-0.3, -0.25) is 0 Å². The van der Waals surface area contributed by atoms with Crippen LogP contribution in [0.25, 0.3) is 0 Å². The Morgan fingerprint density at radius 1 is 0.824 bits per heavy atom. The van der Waals surface area contributed by atoms with Gasteiger partial charge in [-0.2, -0.15) is 0 Å². The van der Waals surface area contributed by atoms with Crippen LogP contribution >= 0.6 is 0 Å². The second-order valence-electron chi connectivity index (χ2n) is 8.16. The Balaban J connectivity index is 3.23. The number of hydrogen-bond acceptors (Lipinski definition) is 1. The minimum Gasteiger partial charge on any atom is -0.114 e. The summed E-state index contributed by atoms with van der Waals surface area (Å²) in [7, 11) is 0. The molecular formula is C15H29N2+. The van der Waals surface area contributed by atoms with Gasteiger partial charge < -0.3 is 0 Å². The maximum Gasteiger partial charge on any atom is 0.193 e. The molecule has 0 N–H and O–H groups in total. The Kier molecular flexibility index (Phi) is 3.33. The minimum atomic E-state index is 0.101. The van der Waals surface area contributed by atoms with Gasteiger partial charge in [0.05, 0.1) is 0 Å². The maximum atomic E-state index is 4.89. The van der Waals surface area contributed by atoms with Crippen molar-refractivity contribution in [2.45, 2.75) is 67.9 Å². The molecule has 0 fully saturated rings. The largest absolute Gasteiger partial charge is 0.193 e. The molecule has 0 saturated heterocycles. The summed E-state index contributed by atoms with van der Waals surface area (Å²) < 4.78 is 2.23. The molecule has 1 aliphatic rings. The van der Waals surface area contributed by atoms with Crippen molar-refractivity contribution in [3.8, 4) is 0 Å². The standard InChI is InChI=1S/C15H29N2/c1-13(2,3)11-10-17(15(7,8)9)16-12(11)14(4,5)6/h10H2,1-9H3/q+1. The molecule has 0 aliphatic carbocycles. The molecule has 0 aromatic carbocycles. The Morgan fingerprint density at radius 3 is 1.53 bits per heavy atom. The Labute approximate surface area is 107 Å². The molecule has 0 radical (unpaired) electrons. The van der Waals surface area contributed by atoms with Gasteiger partial charge in [0.25, 0.3) is 0 Å². The molecule has 0 atom stereocenters. The van der Waals surface area contributed by atoms with E-state index >= 15 is 0 Å². The highest BCUT2D eigenvalue weighted by Crippen LogP contribution is 2.41. The molecule has 1 heterocycles. The van der Waals surface area contributed by atoms with Gasteiger partial charge in [0.2, 0.25) is 0 Å². The van der Waals surface area contributed by atoms with Crippen LogP contribution < -0.4 is 0 Å². The van der Waals surface area contributed by atoms with Crippen LogP contribution in [-0.2, 0) is 0 Å². The zero-order valence-electron chi connectivity index (χ0n) is 13.1. The molecule has 2 nitrogen and oxygen atoms in total. The lowest BCUT2D eigenvalue weighted by atomic mass is 9.79. The van der Waals surface area contributed by atoms with Gasteiger partial charge >= 0.3 is 0 Å². The van der Waals surface area contributed by atoms with Crippen molar-refractivity contribution in [1.82, 2.24) is 0 Å². The monoisotopic (exact) mass is 237 g/mol. The first-order valence-corrected chi connectivity index (χ1v) is 6.57. The van der Waals surface area contributed by atoms with Crippen LogP contribution in [0.2, 0.25) is 0 Å². The van der Waals surface area contributed by atoms with E-state index in [1.165, 1.54) is 11.3 Å². The average molecular weight is 237 g/mol. The summed E-state index contributed by atoms with van der Waals surface area (Å²) in [6.45, 7) is 21.3. The second kappa shape index (κ2) is 3.93. The fourth-order valence-electron chi connectivity index (χ4n) is 2.02. The molecule has 98 valence electrons. The molecular weight excluding hydrogens is 208 g/mol. The van der Waals surface area contributed by atoms with E-state index in [1.807, 2.05) is 0 Å². The third-order valence-electron chi connectivity index (χ3n) is 3.20. The Morgan fingerprint density at radius 2 is 1.29 bits per heavy atom. The molecule has 1 aliphatic heterocycles. The van der Waals surface area contributed by atoms with E-state index in [9.17, 15) is 0 Å². The van der Waals surface area contributed by atoms with Gasteiger partial charge in [0, 0.05) is 31.8 Å². The number of hydrogen-bond donors (Lipinski definition) is 0. The van der Waals surface area contributed by atoms with Gasteiger partial charge in [-0.05, 0) is 10.5 Å². The van der Waals surface area contributed by atoms with Crippen molar-refractivity contribution in [3.63, 3.8) is 0 Å². The van der Waals surface area contributed by atoms with Crippen molar-refractivity contribution in [2.75, 3.05) is 6.54 Å². The lowest BCUT2D eigenvalue weighted by Crippen LogP contribution is -2.32. The van der Waals surface area contributed by atoms with E-state index in [4.69, 9.17) is 5.11 Å². The quantitative estimate of drug-likeness (QED) is 0.547. The Bertz CT molecular complexity index is 365. The summed E-state index contributed by atoms with van der Waals surface area (Å²) in [5.74, 6) is 0. The van der Waals surface area contributed by atoms with Crippen LogP contribution in [0.15, 0.2) is 16.4 Å². The molecule has 0 spiro atoms. The maximum absolute atomic E-state index is 4.89. The van der Waals surface area contributed by atoms with E-state index in [1.54, 1.807) is 0 Å². The first-order valence-electron chi connectivity index (χ1n) is 6.57. The fraction of sp³-hybridized carbons (Fsp3) is 0.867. The SMILES string of the molecule is CC(C)(C)C1=C(C(C)(C)C)N=[N+](C(C)(C)C)C1. The number of rotatable bonds is 0. The molecule has 0 amide bonds. The van der Waals surface area contributed by atoms with Gasteiger partial charge in [0.1, 0.15) is 5.70 Å². The lowest BCUT2D eigenvalue weighted by molar-refractivity contribution is -0.643. The smallest absolute Gasteiger partial charge is 0.114 e. The minimum absolute atomic E-state index is 0.101. The van der Waals surface area contributed by atoms with E-state index in [-0.39, 0.29) is 16.4 Å². The van der Waals surface area contributed by atoms with E-state index in [2.05, 4.69) is 67.0 Å². The van der Waals surface area contributed by atoms with Crippen LogP contribution in [0, 0.1) is 10.8 Å². The normalized spacial score (nSPS) is 18.8. The highest BCUT2D eigenvalue weighted by molar-refractivity contribution is 5.25. The zero-order chi connectivity index (χ0) is 13.6. The lowest BCUT2D eigenvalue weighted by Gasteiger charge is -2.24. The van der Waals surface area contributed by atoms with Gasteiger partial charge in [-0.25, -0.2) is 0 Å². The summed E-state index contributed by atoms with van der Waals surface area (Å²) in [5, 5.41) is 4.89. The first kappa shape index (κ1) is 14.4. The first-order chi connectivity index (χ1) is 7.33. The average Bonchev–Trinajstić information content (AvgIpc) is 2.42. The predicted molar refractivity (Wildman–Crippen MR) is 73.2 cm³/mol. The highest BCUT2D eigenvalue weighted by atomic mass is 15.3. The van der Waals surface area contributed by atoms with E-state index < -0.39 is 0 Å². The summed E-state index contributed by atoms with van der Waals surface area (Å²) in [6.07, 6.45) is 0. The fourth-order valence-corrected chi connectivity index (χ4v) is 2.02. The van der Waals surface area contributed by atoms with Gasteiger partial charge in [0.15, 0.2) is 12.1 Å². The third-order valence-corrected chi connectivity index (χ3v) is 3.20. The molecule has 0 unspecified atom stereocenters. The molecule has 0 bridgehead atoms. The van der Waals surface area contributed by atoms with Crippen molar-refractivity contribution >= 4 is 0 Å². The molecule has 0 aromatic rings. The molecule has 17 heavy (non-hydrogen) atoms. The van der Waals surface area contributed by atoms with Crippen LogP contribution in [0.5, 0.6) is 0 Å². The molecule has 0 saturated carbocycles. The van der Waals surface area contributed by atoms with Crippen LogP contribution in [0.3, 0.4) is 0 Å². The zero-order valence-corrected chi connectivity index (χ0v) is 13.1. The van der Waals surface area contributed by atoms with Crippen molar-refractivity contribution < 1.29 is 4.70 Å². The van der Waals surface area contributed by atoms with Gasteiger partial charge in [-0.15, -0.1) is 4.70 Å². The van der Waals surface area contributed by atoms with Crippen molar-refractivity contribution in [2.24, 2.45) is 15.9 Å². The highest BCUT2D eigenvalue weighted by Gasteiger charge is 2.41. The van der Waals surface area contributed by atoms with Crippen LogP contribution in [0.1, 0.15) is 62.3 Å². The molecule has 0 aromatic heterocycles. The summed E-state index contributed by atoms with van der Waals surface area (Å²) >= 11 is 0. The number of nitrogens with zero attached hydrogens (tertiary/aromatic N) is 2. The Hall–Kier alpha value is -0.660. The van der Waals surface area contributed by atoms with Crippen molar-refractivity contribution in [1.29, 1.82) is 0 Å². The topological polar surface area (TPSA) is 15.4 Å². The summed E-state index contributed by atoms with van der Waals surface area (Å²) in [4.78, 5) is 0. The van der Waals surface area contributed by atoms with Gasteiger partial charge in [-0.1, -0.05) is 41.5 Å². The summed E-state index contributed by atoms with van der Waals surface area (Å²) in [5.41, 5.74) is 3.19. The molecule has 2 heteroatoms. The van der Waals surface area contributed by atoms with Crippen molar-refractivity contribution in [3.05, 3.63) is 11.3 Å². The van der Waals surface area contributed by atoms with E-state index in [0.29, 0.717) is 0 Å². The second-order valence-corrected chi connectivity index (χ2v) is 8.16. The molecule has 1 rings (SSSR count). The van der Waals surface area contributed by atoms with Crippen LogP contribution in [0.4, 0.5) is 0 Å². The number of allylic oxidation sites excluding steroid dienone is 1.